The number of thioether (sulfide) groups is 1. The van der Waals surface area contributed by atoms with Crippen molar-refractivity contribution in [2.24, 2.45) is 0 Å². The highest BCUT2D eigenvalue weighted by Gasteiger charge is 2.03. The number of rotatable bonds is 4. The van der Waals surface area contributed by atoms with Crippen LogP contribution in [0, 0.1) is 0 Å². The van der Waals surface area contributed by atoms with Gasteiger partial charge in [0.05, 0.1) is 0 Å². The predicted octanol–water partition coefficient (Wildman–Crippen LogP) is 4.36. The van der Waals surface area contributed by atoms with Crippen molar-refractivity contribution in [3.63, 3.8) is 0 Å². The minimum atomic E-state index is 1.11. The molecule has 0 nitrogen and oxygen atoms in total. The molecule has 0 radical (unpaired) electrons. The Hall–Kier alpha value is -0.690. The summed E-state index contributed by atoms with van der Waals surface area (Å²) >= 11 is 1.84. The lowest BCUT2D eigenvalue weighted by Crippen LogP contribution is -1.89. The third-order valence-corrected chi connectivity index (χ3v) is 3.10. The quantitative estimate of drug-likeness (QED) is 0.705. The highest BCUT2D eigenvalue weighted by Crippen LogP contribution is 2.28. The minimum absolute atomic E-state index is 1.11. The first-order chi connectivity index (χ1) is 6.83. The van der Waals surface area contributed by atoms with Crippen LogP contribution in [-0.2, 0) is 6.42 Å². The molecule has 1 rings (SSSR count). The summed E-state index contributed by atoms with van der Waals surface area (Å²) in [4.78, 5) is 1.41. The van der Waals surface area contributed by atoms with Crippen molar-refractivity contribution >= 4 is 16.7 Å². The van der Waals surface area contributed by atoms with E-state index in [1.165, 1.54) is 16.0 Å². The molecule has 0 bridgehead atoms. The van der Waals surface area contributed by atoms with Crippen molar-refractivity contribution in [1.29, 1.82) is 0 Å². The minimum Gasteiger partial charge on any atom is -0.129 e. The zero-order chi connectivity index (χ0) is 10.4. The van der Waals surface area contributed by atoms with Gasteiger partial charge in [0.25, 0.3) is 0 Å². The summed E-state index contributed by atoms with van der Waals surface area (Å²) in [6.45, 7) is 4.40. The average Bonchev–Trinajstić information content (AvgIpc) is 2.26. The van der Waals surface area contributed by atoms with E-state index in [9.17, 15) is 0 Å². The fourth-order valence-electron chi connectivity index (χ4n) is 1.56. The smallest absolute Gasteiger partial charge is 0.0104 e. The van der Waals surface area contributed by atoms with E-state index in [2.05, 4.69) is 50.4 Å². The van der Waals surface area contributed by atoms with Crippen molar-refractivity contribution in [1.82, 2.24) is 0 Å². The molecule has 0 N–H and O–H groups in total. The third-order valence-electron chi connectivity index (χ3n) is 2.27. The summed E-state index contributed by atoms with van der Waals surface area (Å²) in [5, 5.41) is 0. The average molecular weight is 206 g/mol. The van der Waals surface area contributed by atoms with Crippen LogP contribution in [-0.4, -0.2) is 6.26 Å². The van der Waals surface area contributed by atoms with Crippen molar-refractivity contribution < 1.29 is 0 Å². The Labute approximate surface area is 91.4 Å². The summed E-state index contributed by atoms with van der Waals surface area (Å²) in [6, 6.07) is 8.67. The van der Waals surface area contributed by atoms with Gasteiger partial charge in [-0.3, -0.25) is 0 Å². The van der Waals surface area contributed by atoms with Crippen LogP contribution in [0.2, 0.25) is 0 Å². The Balaban J connectivity index is 3.09. The van der Waals surface area contributed by atoms with Gasteiger partial charge in [-0.15, -0.1) is 11.8 Å². The lowest BCUT2D eigenvalue weighted by Gasteiger charge is -2.09. The van der Waals surface area contributed by atoms with E-state index in [0.29, 0.717) is 0 Å². The molecule has 1 aromatic carbocycles. The van der Waals surface area contributed by atoms with Gasteiger partial charge in [-0.25, -0.2) is 0 Å². The van der Waals surface area contributed by atoms with Crippen molar-refractivity contribution in [2.75, 3.05) is 6.26 Å². The second kappa shape index (κ2) is 5.92. The first-order valence-corrected chi connectivity index (χ1v) is 6.38. The van der Waals surface area contributed by atoms with Crippen LogP contribution in [0.3, 0.4) is 0 Å². The van der Waals surface area contributed by atoms with Crippen LogP contribution in [0.25, 0.3) is 4.91 Å². The van der Waals surface area contributed by atoms with Gasteiger partial charge >= 0.3 is 0 Å². The van der Waals surface area contributed by atoms with Gasteiger partial charge in [0.1, 0.15) is 0 Å². The monoisotopic (exact) mass is 206 g/mol. The number of benzene rings is 1. The van der Waals surface area contributed by atoms with Crippen molar-refractivity contribution in [3.05, 3.63) is 41.5 Å². The third kappa shape index (κ3) is 2.65. The van der Waals surface area contributed by atoms with Crippen LogP contribution in [0.5, 0.6) is 0 Å². The largest absolute Gasteiger partial charge is 0.129 e. The van der Waals surface area contributed by atoms with Gasteiger partial charge in [-0.2, -0.15) is 0 Å². The van der Waals surface area contributed by atoms with Gasteiger partial charge < -0.3 is 0 Å². The number of allylic oxidation sites excluding steroid dienone is 1. The van der Waals surface area contributed by atoms with Crippen LogP contribution in [0.4, 0.5) is 0 Å². The SMILES string of the molecule is CC/C=C(\SC)c1ccccc1CC. The Morgan fingerprint density at radius 2 is 2.00 bits per heavy atom. The maximum Gasteiger partial charge on any atom is 0.0104 e. The molecule has 0 fully saturated rings. The van der Waals surface area contributed by atoms with E-state index in [1.54, 1.807) is 0 Å². The first-order valence-electron chi connectivity index (χ1n) is 5.15. The Bertz CT molecular complexity index is 313. The summed E-state index contributed by atoms with van der Waals surface area (Å²) in [5.74, 6) is 0. The zero-order valence-electron chi connectivity index (χ0n) is 9.21. The van der Waals surface area contributed by atoms with E-state index in [1.807, 2.05) is 11.8 Å². The Morgan fingerprint density at radius 1 is 1.29 bits per heavy atom. The second-order valence-corrected chi connectivity index (χ2v) is 4.04. The van der Waals surface area contributed by atoms with Crippen molar-refractivity contribution in [2.45, 2.75) is 26.7 Å². The molecular formula is C13H18S. The second-order valence-electron chi connectivity index (χ2n) is 3.19. The normalized spacial score (nSPS) is 11.8. The van der Waals surface area contributed by atoms with E-state index in [0.717, 1.165) is 12.8 Å². The highest BCUT2D eigenvalue weighted by molar-refractivity contribution is 8.07. The molecule has 76 valence electrons. The molecule has 0 saturated carbocycles. The molecule has 0 aliphatic rings. The van der Waals surface area contributed by atoms with E-state index in [-0.39, 0.29) is 0 Å². The summed E-state index contributed by atoms with van der Waals surface area (Å²) in [7, 11) is 0. The topological polar surface area (TPSA) is 0 Å². The molecule has 0 amide bonds. The lowest BCUT2D eigenvalue weighted by molar-refractivity contribution is 1.13. The van der Waals surface area contributed by atoms with Gasteiger partial charge in [0.2, 0.25) is 0 Å². The fraction of sp³-hybridized carbons (Fsp3) is 0.385. The summed E-state index contributed by atoms with van der Waals surface area (Å²) < 4.78 is 0. The molecule has 1 aromatic rings. The van der Waals surface area contributed by atoms with Crippen LogP contribution < -0.4 is 0 Å². The van der Waals surface area contributed by atoms with Crippen LogP contribution in [0.15, 0.2) is 30.3 Å². The van der Waals surface area contributed by atoms with Crippen molar-refractivity contribution in [3.8, 4) is 0 Å². The maximum atomic E-state index is 2.30. The molecule has 14 heavy (non-hydrogen) atoms. The molecular weight excluding hydrogens is 188 g/mol. The van der Waals surface area contributed by atoms with E-state index < -0.39 is 0 Å². The molecule has 0 spiro atoms. The maximum absolute atomic E-state index is 2.30. The number of aryl methyl sites for hydroxylation is 1. The summed E-state index contributed by atoms with van der Waals surface area (Å²) in [6.07, 6.45) is 6.67. The number of hydrogen-bond donors (Lipinski definition) is 0. The fourth-order valence-corrected chi connectivity index (χ4v) is 2.31. The Kier molecular flexibility index (Phi) is 4.81. The summed E-state index contributed by atoms with van der Waals surface area (Å²) in [5.41, 5.74) is 2.85. The van der Waals surface area contributed by atoms with Gasteiger partial charge in [-0.1, -0.05) is 44.2 Å². The van der Waals surface area contributed by atoms with E-state index >= 15 is 0 Å². The van der Waals surface area contributed by atoms with Crippen LogP contribution >= 0.6 is 11.8 Å². The first kappa shape index (κ1) is 11.4. The van der Waals surface area contributed by atoms with Gasteiger partial charge in [-0.05, 0) is 30.2 Å². The molecule has 0 heterocycles. The molecule has 0 unspecified atom stereocenters. The predicted molar refractivity (Wildman–Crippen MR) is 67.6 cm³/mol. The molecule has 0 aliphatic carbocycles. The molecule has 0 atom stereocenters. The highest BCUT2D eigenvalue weighted by atomic mass is 32.2. The van der Waals surface area contributed by atoms with Gasteiger partial charge in [0, 0.05) is 4.91 Å². The lowest BCUT2D eigenvalue weighted by atomic mass is 10.0. The molecule has 0 aromatic heterocycles. The van der Waals surface area contributed by atoms with E-state index in [4.69, 9.17) is 0 Å². The molecule has 0 saturated heterocycles. The standard InChI is InChI=1S/C13H18S/c1-4-8-13(14-3)12-10-7-6-9-11(12)5-2/h6-10H,4-5H2,1-3H3/b13-8-. The molecule has 1 heteroatoms. The van der Waals surface area contributed by atoms with Crippen LogP contribution in [0.1, 0.15) is 31.4 Å². The zero-order valence-corrected chi connectivity index (χ0v) is 10.0. The van der Waals surface area contributed by atoms with Gasteiger partial charge in [0.15, 0.2) is 0 Å². The molecule has 0 aliphatic heterocycles. The Morgan fingerprint density at radius 3 is 2.57 bits per heavy atom. The number of hydrogen-bond acceptors (Lipinski definition) is 1.